The monoisotopic (exact) mass is 281 g/mol. The summed E-state index contributed by atoms with van der Waals surface area (Å²) in [5.74, 6) is -1.06. The van der Waals surface area contributed by atoms with Gasteiger partial charge in [-0.15, -0.1) is 16.4 Å². The van der Waals surface area contributed by atoms with Crippen molar-refractivity contribution in [2.75, 3.05) is 13.6 Å². The summed E-state index contributed by atoms with van der Waals surface area (Å²) in [7, 11) is 1.99. The standard InChI is InChI=1S/C11H15N5O2S/c1-8-12-9(7-19-8)5-15(2)3-4-16-6-10(11(17)18)13-14-16/h6-7H,3-5H2,1-2H3,(H,17,18). The molecule has 2 aromatic rings. The van der Waals surface area contributed by atoms with Gasteiger partial charge < -0.3 is 5.11 Å². The molecule has 0 radical (unpaired) electrons. The second kappa shape index (κ2) is 5.89. The van der Waals surface area contributed by atoms with Crippen LogP contribution in [0.25, 0.3) is 0 Å². The number of aromatic carboxylic acids is 1. The minimum atomic E-state index is -1.06. The maximum Gasteiger partial charge on any atom is 0.358 e. The van der Waals surface area contributed by atoms with Crippen molar-refractivity contribution in [1.82, 2.24) is 24.9 Å². The number of aromatic nitrogens is 4. The Hall–Kier alpha value is -1.80. The molecule has 0 amide bonds. The van der Waals surface area contributed by atoms with Gasteiger partial charge in [-0.3, -0.25) is 9.58 Å². The molecule has 0 saturated carbocycles. The van der Waals surface area contributed by atoms with Crippen molar-refractivity contribution in [3.63, 3.8) is 0 Å². The number of hydrogen-bond donors (Lipinski definition) is 1. The molecule has 0 bridgehead atoms. The van der Waals surface area contributed by atoms with E-state index in [1.165, 1.54) is 10.9 Å². The van der Waals surface area contributed by atoms with Crippen LogP contribution in [-0.4, -0.2) is 49.5 Å². The summed E-state index contributed by atoms with van der Waals surface area (Å²) in [5.41, 5.74) is 1.02. The molecular weight excluding hydrogens is 266 g/mol. The van der Waals surface area contributed by atoms with Gasteiger partial charge in [-0.2, -0.15) is 0 Å². The number of rotatable bonds is 6. The number of nitrogens with zero attached hydrogens (tertiary/aromatic N) is 5. The van der Waals surface area contributed by atoms with Gasteiger partial charge in [0.2, 0.25) is 0 Å². The Kier molecular flexibility index (Phi) is 4.23. The Balaban J connectivity index is 1.82. The SMILES string of the molecule is Cc1nc(CN(C)CCn2cc(C(=O)O)nn2)cs1. The minimum Gasteiger partial charge on any atom is -0.476 e. The van der Waals surface area contributed by atoms with Crippen molar-refractivity contribution in [3.8, 4) is 0 Å². The number of likely N-dealkylation sites (N-methyl/N-ethyl adjacent to an activating group) is 1. The lowest BCUT2D eigenvalue weighted by Crippen LogP contribution is -2.23. The minimum absolute atomic E-state index is 0.0298. The molecule has 0 fully saturated rings. The zero-order valence-electron chi connectivity index (χ0n) is 10.8. The second-order valence-corrected chi connectivity index (χ2v) is 5.33. The van der Waals surface area contributed by atoms with Gasteiger partial charge >= 0.3 is 5.97 Å². The number of hydrogen-bond acceptors (Lipinski definition) is 6. The third-order valence-electron chi connectivity index (χ3n) is 2.57. The molecule has 19 heavy (non-hydrogen) atoms. The fourth-order valence-electron chi connectivity index (χ4n) is 1.62. The Morgan fingerprint density at radius 2 is 2.37 bits per heavy atom. The summed E-state index contributed by atoms with van der Waals surface area (Å²) in [6.45, 7) is 4.10. The molecule has 102 valence electrons. The van der Waals surface area contributed by atoms with E-state index in [1.807, 2.05) is 19.4 Å². The zero-order chi connectivity index (χ0) is 13.8. The van der Waals surface area contributed by atoms with Gasteiger partial charge in [0.05, 0.1) is 23.4 Å². The van der Waals surface area contributed by atoms with Crippen LogP contribution in [0.15, 0.2) is 11.6 Å². The molecule has 0 spiro atoms. The van der Waals surface area contributed by atoms with E-state index >= 15 is 0 Å². The lowest BCUT2D eigenvalue weighted by atomic mass is 10.4. The molecule has 0 aliphatic heterocycles. The summed E-state index contributed by atoms with van der Waals surface area (Å²) in [4.78, 5) is 17.2. The Morgan fingerprint density at radius 3 is 2.95 bits per heavy atom. The smallest absolute Gasteiger partial charge is 0.358 e. The van der Waals surface area contributed by atoms with Crippen LogP contribution < -0.4 is 0 Å². The van der Waals surface area contributed by atoms with Gasteiger partial charge in [-0.25, -0.2) is 9.78 Å². The van der Waals surface area contributed by atoms with E-state index < -0.39 is 5.97 Å². The highest BCUT2D eigenvalue weighted by molar-refractivity contribution is 7.09. The number of thiazole rings is 1. The van der Waals surface area contributed by atoms with Crippen LogP contribution in [0.2, 0.25) is 0 Å². The molecule has 0 atom stereocenters. The molecule has 1 N–H and O–H groups in total. The quantitative estimate of drug-likeness (QED) is 0.846. The topological polar surface area (TPSA) is 84.1 Å². The van der Waals surface area contributed by atoms with E-state index in [0.29, 0.717) is 6.54 Å². The van der Waals surface area contributed by atoms with Gasteiger partial charge in [-0.1, -0.05) is 5.21 Å². The fraction of sp³-hybridized carbons (Fsp3) is 0.455. The summed E-state index contributed by atoms with van der Waals surface area (Å²) in [5, 5.41) is 19.2. The van der Waals surface area contributed by atoms with E-state index in [-0.39, 0.29) is 5.69 Å². The highest BCUT2D eigenvalue weighted by atomic mass is 32.1. The maximum atomic E-state index is 10.7. The molecule has 2 aromatic heterocycles. The van der Waals surface area contributed by atoms with E-state index in [1.54, 1.807) is 11.3 Å². The van der Waals surface area contributed by atoms with Crippen molar-refractivity contribution in [2.45, 2.75) is 20.0 Å². The molecular formula is C11H15N5O2S. The summed E-state index contributed by atoms with van der Waals surface area (Å²) in [6, 6.07) is 0. The zero-order valence-corrected chi connectivity index (χ0v) is 11.6. The van der Waals surface area contributed by atoms with Crippen molar-refractivity contribution in [2.24, 2.45) is 0 Å². The lowest BCUT2D eigenvalue weighted by molar-refractivity contribution is 0.0690. The van der Waals surface area contributed by atoms with Gasteiger partial charge in [-0.05, 0) is 14.0 Å². The van der Waals surface area contributed by atoms with Gasteiger partial charge in [0.25, 0.3) is 0 Å². The molecule has 0 aromatic carbocycles. The van der Waals surface area contributed by atoms with Crippen LogP contribution in [0.5, 0.6) is 0 Å². The van der Waals surface area contributed by atoms with Crippen LogP contribution in [0, 0.1) is 6.92 Å². The summed E-state index contributed by atoms with van der Waals surface area (Å²) in [6.07, 6.45) is 1.43. The Bertz CT molecular complexity index is 565. The van der Waals surface area contributed by atoms with E-state index in [0.717, 1.165) is 23.8 Å². The van der Waals surface area contributed by atoms with E-state index in [2.05, 4.69) is 20.2 Å². The highest BCUT2D eigenvalue weighted by Crippen LogP contribution is 2.09. The molecule has 8 heteroatoms. The number of carboxylic acids is 1. The van der Waals surface area contributed by atoms with E-state index in [4.69, 9.17) is 5.11 Å². The van der Waals surface area contributed by atoms with Crippen LogP contribution >= 0.6 is 11.3 Å². The average Bonchev–Trinajstić information content (AvgIpc) is 2.96. The Morgan fingerprint density at radius 1 is 1.58 bits per heavy atom. The molecule has 2 heterocycles. The summed E-state index contributed by atoms with van der Waals surface area (Å²) < 4.78 is 1.53. The van der Waals surface area contributed by atoms with Crippen LogP contribution in [0.1, 0.15) is 21.2 Å². The van der Waals surface area contributed by atoms with Crippen molar-refractivity contribution in [3.05, 3.63) is 28.0 Å². The van der Waals surface area contributed by atoms with Gasteiger partial charge in [0, 0.05) is 18.5 Å². The third-order valence-corrected chi connectivity index (χ3v) is 3.39. The molecule has 2 rings (SSSR count). The number of aryl methyl sites for hydroxylation is 1. The van der Waals surface area contributed by atoms with Crippen molar-refractivity contribution < 1.29 is 9.90 Å². The lowest BCUT2D eigenvalue weighted by Gasteiger charge is -2.14. The maximum absolute atomic E-state index is 10.7. The van der Waals surface area contributed by atoms with Crippen LogP contribution in [0.3, 0.4) is 0 Å². The first-order valence-corrected chi connectivity index (χ1v) is 6.65. The predicted molar refractivity (Wildman–Crippen MR) is 70.2 cm³/mol. The van der Waals surface area contributed by atoms with Gasteiger partial charge in [0.15, 0.2) is 5.69 Å². The second-order valence-electron chi connectivity index (χ2n) is 4.27. The molecule has 0 saturated heterocycles. The average molecular weight is 281 g/mol. The predicted octanol–water partition coefficient (Wildman–Crippen LogP) is 0.873. The Labute approximate surface area is 114 Å². The van der Waals surface area contributed by atoms with Gasteiger partial charge in [0.1, 0.15) is 0 Å². The molecule has 0 aliphatic rings. The van der Waals surface area contributed by atoms with Crippen molar-refractivity contribution >= 4 is 17.3 Å². The van der Waals surface area contributed by atoms with Crippen LogP contribution in [-0.2, 0) is 13.1 Å². The first-order valence-electron chi connectivity index (χ1n) is 5.77. The van der Waals surface area contributed by atoms with Crippen molar-refractivity contribution in [1.29, 1.82) is 0 Å². The van der Waals surface area contributed by atoms with E-state index in [9.17, 15) is 4.79 Å². The largest absolute Gasteiger partial charge is 0.476 e. The third kappa shape index (κ3) is 3.83. The molecule has 7 nitrogen and oxygen atoms in total. The molecule has 0 aliphatic carbocycles. The first kappa shape index (κ1) is 13.6. The normalized spacial score (nSPS) is 11.1. The number of carboxylic acid groups (broad SMARTS) is 1. The number of carbonyl (C=O) groups is 1. The first-order chi connectivity index (χ1) is 9.04. The fourth-order valence-corrected chi connectivity index (χ4v) is 2.22. The van der Waals surface area contributed by atoms with Crippen LogP contribution in [0.4, 0.5) is 0 Å². The highest BCUT2D eigenvalue weighted by Gasteiger charge is 2.09. The summed E-state index contributed by atoms with van der Waals surface area (Å²) >= 11 is 1.64. The molecule has 0 unspecified atom stereocenters.